The molecule has 2 aromatic carbocycles. The Morgan fingerprint density at radius 1 is 0.951 bits per heavy atom. The highest BCUT2D eigenvalue weighted by atomic mass is 32.1. The van der Waals surface area contributed by atoms with Crippen molar-refractivity contribution in [1.82, 2.24) is 10.3 Å². The summed E-state index contributed by atoms with van der Waals surface area (Å²) in [6.45, 7) is 11.8. The number of rotatable bonds is 11. The Balaban J connectivity index is 1.34. The van der Waals surface area contributed by atoms with Gasteiger partial charge < -0.3 is 10.1 Å². The van der Waals surface area contributed by atoms with E-state index in [-0.39, 0.29) is 5.91 Å². The van der Waals surface area contributed by atoms with Crippen LogP contribution in [0.1, 0.15) is 104 Å². The summed E-state index contributed by atoms with van der Waals surface area (Å²) < 4.78 is 6.29. The van der Waals surface area contributed by atoms with Crippen molar-refractivity contribution in [2.75, 3.05) is 6.54 Å². The molecule has 0 spiro atoms. The van der Waals surface area contributed by atoms with Gasteiger partial charge in [0.1, 0.15) is 17.2 Å². The second kappa shape index (κ2) is 13.2. The Kier molecular flexibility index (Phi) is 9.44. The summed E-state index contributed by atoms with van der Waals surface area (Å²) in [5.74, 6) is 3.79. The Morgan fingerprint density at radius 3 is 2.37 bits per heavy atom. The van der Waals surface area contributed by atoms with E-state index in [1.807, 2.05) is 23.5 Å². The zero-order valence-corrected chi connectivity index (χ0v) is 26.0. The van der Waals surface area contributed by atoms with Crippen molar-refractivity contribution >= 4 is 28.0 Å². The predicted molar refractivity (Wildman–Crippen MR) is 172 cm³/mol. The molecule has 216 valence electrons. The number of ether oxygens (including phenoxy) is 1. The molecule has 0 saturated heterocycles. The highest BCUT2D eigenvalue weighted by Crippen LogP contribution is 2.33. The molecule has 1 atom stereocenters. The number of hydrogen-bond acceptors (Lipinski definition) is 4. The summed E-state index contributed by atoms with van der Waals surface area (Å²) in [6.07, 6.45) is 6.76. The Labute approximate surface area is 249 Å². The van der Waals surface area contributed by atoms with E-state index >= 15 is 0 Å². The number of nitrogens with one attached hydrogen (secondary N) is 1. The standard InChI is InChI=1S/C36H44N2O2S/c1-23(2)25(5)27-10-13-29(14-11-27)40-30-15-12-28-21-34(38-33(32(28)22-30)20-26-8-6-7-9-26)36(39)37-19-18-31-16-17-35(41-31)24(3)4/h10-17,21-26H,6-9,18-20H2,1-5H3,(H,37,39). The van der Waals surface area contributed by atoms with Crippen molar-refractivity contribution in [2.24, 2.45) is 11.8 Å². The minimum atomic E-state index is -0.101. The van der Waals surface area contributed by atoms with Crippen LogP contribution in [-0.2, 0) is 12.8 Å². The molecular formula is C36H44N2O2S. The third-order valence-electron chi connectivity index (χ3n) is 8.62. The maximum absolute atomic E-state index is 13.2. The molecule has 1 unspecified atom stereocenters. The first-order valence-corrected chi connectivity index (χ1v) is 16.2. The normalized spacial score (nSPS) is 14.7. The molecule has 1 amide bonds. The maximum atomic E-state index is 13.2. The lowest BCUT2D eigenvalue weighted by molar-refractivity contribution is 0.0949. The van der Waals surface area contributed by atoms with Gasteiger partial charge in [0, 0.05) is 27.4 Å². The summed E-state index contributed by atoms with van der Waals surface area (Å²) >= 11 is 1.84. The van der Waals surface area contributed by atoms with Crippen LogP contribution in [0, 0.1) is 11.8 Å². The molecule has 4 nitrogen and oxygen atoms in total. The van der Waals surface area contributed by atoms with Crippen LogP contribution in [-0.4, -0.2) is 17.4 Å². The molecular weight excluding hydrogens is 524 g/mol. The third kappa shape index (κ3) is 7.37. The van der Waals surface area contributed by atoms with Crippen LogP contribution >= 0.6 is 11.3 Å². The first-order valence-electron chi connectivity index (χ1n) is 15.3. The van der Waals surface area contributed by atoms with Crippen molar-refractivity contribution in [1.29, 1.82) is 0 Å². The Morgan fingerprint density at radius 2 is 1.68 bits per heavy atom. The molecule has 1 fully saturated rings. The van der Waals surface area contributed by atoms with Gasteiger partial charge in [-0.05, 0) is 89.9 Å². The van der Waals surface area contributed by atoms with Crippen molar-refractivity contribution in [3.63, 3.8) is 0 Å². The van der Waals surface area contributed by atoms with E-state index in [4.69, 9.17) is 9.72 Å². The highest BCUT2D eigenvalue weighted by Gasteiger charge is 2.20. The van der Waals surface area contributed by atoms with Gasteiger partial charge in [-0.2, -0.15) is 0 Å². The fourth-order valence-electron chi connectivity index (χ4n) is 5.71. The summed E-state index contributed by atoms with van der Waals surface area (Å²) in [5.41, 5.74) is 2.84. The summed E-state index contributed by atoms with van der Waals surface area (Å²) in [4.78, 5) is 20.9. The van der Waals surface area contributed by atoms with Gasteiger partial charge in [-0.1, -0.05) is 78.5 Å². The number of thiophene rings is 1. The number of nitrogens with zero attached hydrogens (tertiary/aromatic N) is 1. The zero-order chi connectivity index (χ0) is 28.9. The third-order valence-corrected chi connectivity index (χ3v) is 10.1. The lowest BCUT2D eigenvalue weighted by atomic mass is 9.90. The highest BCUT2D eigenvalue weighted by molar-refractivity contribution is 7.12. The molecule has 1 aliphatic rings. The lowest BCUT2D eigenvalue weighted by Gasteiger charge is -2.17. The Bertz CT molecular complexity index is 1460. The van der Waals surface area contributed by atoms with Crippen LogP contribution < -0.4 is 10.1 Å². The van der Waals surface area contributed by atoms with E-state index in [2.05, 4.69) is 88.5 Å². The summed E-state index contributed by atoms with van der Waals surface area (Å²) in [5, 5.41) is 5.23. The Hall–Kier alpha value is -3.18. The van der Waals surface area contributed by atoms with E-state index in [1.54, 1.807) is 0 Å². The molecule has 0 aliphatic heterocycles. The van der Waals surface area contributed by atoms with Crippen LogP contribution in [0.2, 0.25) is 0 Å². The van der Waals surface area contributed by atoms with Crippen LogP contribution in [0.15, 0.2) is 60.7 Å². The maximum Gasteiger partial charge on any atom is 0.269 e. The number of carbonyl (C=O) groups excluding carboxylic acids is 1. The number of amides is 1. The SMILES string of the molecule is CC(C)c1ccc(CCNC(=O)c2cc3ccc(Oc4ccc(C(C)C(C)C)cc4)cc3c(CC3CCCC3)n2)s1. The number of pyridine rings is 1. The van der Waals surface area contributed by atoms with Gasteiger partial charge in [-0.25, -0.2) is 4.98 Å². The molecule has 5 rings (SSSR count). The number of fused-ring (bicyclic) bond motifs is 1. The minimum absolute atomic E-state index is 0.101. The first kappa shape index (κ1) is 29.3. The number of hydrogen-bond donors (Lipinski definition) is 1. The molecule has 1 N–H and O–H groups in total. The number of carbonyl (C=O) groups is 1. The zero-order valence-electron chi connectivity index (χ0n) is 25.2. The number of aromatic nitrogens is 1. The lowest BCUT2D eigenvalue weighted by Crippen LogP contribution is -2.26. The summed E-state index contributed by atoms with van der Waals surface area (Å²) in [6, 6.07) is 20.9. The molecule has 0 bridgehead atoms. The van der Waals surface area contributed by atoms with Crippen LogP contribution in [0.3, 0.4) is 0 Å². The quantitative estimate of drug-likeness (QED) is 0.196. The molecule has 1 saturated carbocycles. The van der Waals surface area contributed by atoms with E-state index in [0.717, 1.165) is 40.8 Å². The van der Waals surface area contributed by atoms with Gasteiger partial charge >= 0.3 is 0 Å². The molecule has 4 aromatic rings. The van der Waals surface area contributed by atoms with Gasteiger partial charge in [0.15, 0.2) is 0 Å². The van der Waals surface area contributed by atoms with Crippen molar-refractivity contribution in [2.45, 2.75) is 85.0 Å². The van der Waals surface area contributed by atoms with Gasteiger partial charge in [0.05, 0.1) is 0 Å². The van der Waals surface area contributed by atoms with Crippen molar-refractivity contribution < 1.29 is 9.53 Å². The monoisotopic (exact) mass is 568 g/mol. The molecule has 1 aliphatic carbocycles. The van der Waals surface area contributed by atoms with Crippen molar-refractivity contribution in [3.05, 3.63) is 87.4 Å². The minimum Gasteiger partial charge on any atom is -0.457 e. The van der Waals surface area contributed by atoms with Gasteiger partial charge in [-0.15, -0.1) is 11.3 Å². The molecule has 41 heavy (non-hydrogen) atoms. The largest absolute Gasteiger partial charge is 0.457 e. The van der Waals surface area contributed by atoms with Crippen LogP contribution in [0.5, 0.6) is 11.5 Å². The fraction of sp³-hybridized carbons (Fsp3) is 0.444. The van der Waals surface area contributed by atoms with Gasteiger partial charge in [0.2, 0.25) is 0 Å². The smallest absolute Gasteiger partial charge is 0.269 e. The van der Waals surface area contributed by atoms with Crippen molar-refractivity contribution in [3.8, 4) is 11.5 Å². The summed E-state index contributed by atoms with van der Waals surface area (Å²) in [7, 11) is 0. The fourth-order valence-corrected chi connectivity index (χ4v) is 6.72. The topological polar surface area (TPSA) is 51.2 Å². The second-order valence-corrected chi connectivity index (χ2v) is 13.6. The molecule has 5 heteroatoms. The first-order chi connectivity index (χ1) is 19.8. The van der Waals surface area contributed by atoms with E-state index in [1.165, 1.54) is 41.0 Å². The average molecular weight is 569 g/mol. The molecule has 2 heterocycles. The molecule has 0 radical (unpaired) electrons. The van der Waals surface area contributed by atoms with Crippen LogP contribution in [0.25, 0.3) is 10.8 Å². The molecule has 2 aromatic heterocycles. The van der Waals surface area contributed by atoms with Gasteiger partial charge in [0.25, 0.3) is 5.91 Å². The van der Waals surface area contributed by atoms with Crippen LogP contribution in [0.4, 0.5) is 0 Å². The van der Waals surface area contributed by atoms with E-state index in [9.17, 15) is 4.79 Å². The van der Waals surface area contributed by atoms with Gasteiger partial charge in [-0.3, -0.25) is 4.79 Å². The second-order valence-electron chi connectivity index (χ2n) is 12.4. The van der Waals surface area contributed by atoms with E-state index in [0.29, 0.717) is 35.9 Å². The number of benzene rings is 2. The average Bonchev–Trinajstić information content (AvgIpc) is 3.66. The predicted octanol–water partition coefficient (Wildman–Crippen LogP) is 9.68. The van der Waals surface area contributed by atoms with E-state index < -0.39 is 0 Å².